The maximum Gasteiger partial charge on any atom is 0.123 e. The number of rotatable bonds is 2. The first-order valence-corrected chi connectivity index (χ1v) is 6.94. The van der Waals surface area contributed by atoms with Crippen LogP contribution in [-0.4, -0.2) is 0 Å². The van der Waals surface area contributed by atoms with Gasteiger partial charge in [-0.05, 0) is 54.3 Å². The molecule has 0 fully saturated rings. The predicted octanol–water partition coefficient (Wildman–Crippen LogP) is 5.58. The third kappa shape index (κ3) is 2.76. The molecular formula is C15H13BrClF. The van der Waals surface area contributed by atoms with Crippen LogP contribution in [0.3, 0.4) is 0 Å². The van der Waals surface area contributed by atoms with Gasteiger partial charge in [-0.3, -0.25) is 0 Å². The van der Waals surface area contributed by atoms with Crippen molar-refractivity contribution in [3.8, 4) is 0 Å². The molecule has 0 bridgehead atoms. The van der Waals surface area contributed by atoms with Crippen LogP contribution in [0.25, 0.3) is 0 Å². The molecule has 18 heavy (non-hydrogen) atoms. The van der Waals surface area contributed by atoms with Crippen molar-refractivity contribution in [3.63, 3.8) is 0 Å². The van der Waals surface area contributed by atoms with Crippen molar-refractivity contribution in [1.82, 2.24) is 0 Å². The number of hydrogen-bond donors (Lipinski definition) is 0. The number of benzene rings is 2. The summed E-state index contributed by atoms with van der Waals surface area (Å²) < 4.78 is 13.2. The van der Waals surface area contributed by atoms with Crippen molar-refractivity contribution in [2.75, 3.05) is 0 Å². The molecule has 2 aromatic rings. The van der Waals surface area contributed by atoms with Crippen LogP contribution in [0.15, 0.2) is 36.4 Å². The lowest BCUT2D eigenvalue weighted by Gasteiger charge is -2.15. The van der Waals surface area contributed by atoms with Crippen molar-refractivity contribution in [2.45, 2.75) is 18.7 Å². The third-order valence-electron chi connectivity index (χ3n) is 3.03. The van der Waals surface area contributed by atoms with Gasteiger partial charge >= 0.3 is 0 Å². The van der Waals surface area contributed by atoms with Gasteiger partial charge in [-0.2, -0.15) is 0 Å². The summed E-state index contributed by atoms with van der Waals surface area (Å²) in [5.74, 6) is -0.239. The lowest BCUT2D eigenvalue weighted by atomic mass is 10.00. The standard InChI is InChI=1S/C15H13BrClF/c1-9-6-13(14(17)7-10(9)2)15(16)11-4-3-5-12(18)8-11/h3-8,15H,1-2H3. The topological polar surface area (TPSA) is 0 Å². The van der Waals surface area contributed by atoms with E-state index in [0.29, 0.717) is 5.02 Å². The van der Waals surface area contributed by atoms with E-state index in [4.69, 9.17) is 11.6 Å². The van der Waals surface area contributed by atoms with Crippen molar-refractivity contribution in [1.29, 1.82) is 0 Å². The quantitative estimate of drug-likeness (QED) is 0.632. The second kappa shape index (κ2) is 5.41. The van der Waals surface area contributed by atoms with E-state index in [1.807, 2.05) is 32.0 Å². The van der Waals surface area contributed by atoms with Crippen LogP contribution in [0.1, 0.15) is 27.1 Å². The first-order chi connectivity index (χ1) is 8.49. The Bertz CT molecular complexity index is 581. The van der Waals surface area contributed by atoms with Crippen molar-refractivity contribution < 1.29 is 4.39 Å². The summed E-state index contributed by atoms with van der Waals surface area (Å²) in [4.78, 5) is -0.0972. The first kappa shape index (κ1) is 13.6. The Hall–Kier alpha value is -0.860. The van der Waals surface area contributed by atoms with E-state index in [1.165, 1.54) is 17.7 Å². The highest BCUT2D eigenvalue weighted by Gasteiger charge is 2.15. The molecule has 0 saturated carbocycles. The minimum Gasteiger partial charge on any atom is -0.207 e. The molecule has 0 aliphatic heterocycles. The summed E-state index contributed by atoms with van der Waals surface area (Å²) in [5, 5.41) is 0.698. The van der Waals surface area contributed by atoms with Crippen LogP contribution < -0.4 is 0 Å². The van der Waals surface area contributed by atoms with E-state index < -0.39 is 0 Å². The highest BCUT2D eigenvalue weighted by molar-refractivity contribution is 9.09. The molecule has 0 aliphatic carbocycles. The van der Waals surface area contributed by atoms with Crippen LogP contribution in [0.2, 0.25) is 5.02 Å². The van der Waals surface area contributed by atoms with E-state index in [1.54, 1.807) is 6.07 Å². The normalized spacial score (nSPS) is 12.5. The maximum atomic E-state index is 13.2. The van der Waals surface area contributed by atoms with Crippen LogP contribution in [-0.2, 0) is 0 Å². The molecule has 0 saturated heterocycles. The fraction of sp³-hybridized carbons (Fsp3) is 0.200. The number of halogens is 3. The number of alkyl halides is 1. The average Bonchev–Trinajstić information content (AvgIpc) is 2.33. The molecule has 0 radical (unpaired) electrons. The van der Waals surface area contributed by atoms with E-state index >= 15 is 0 Å². The van der Waals surface area contributed by atoms with E-state index in [0.717, 1.165) is 16.7 Å². The van der Waals surface area contributed by atoms with Gasteiger partial charge in [-0.25, -0.2) is 4.39 Å². The molecule has 1 unspecified atom stereocenters. The fourth-order valence-electron chi connectivity index (χ4n) is 1.84. The Labute approximate surface area is 120 Å². The average molecular weight is 328 g/mol. The van der Waals surface area contributed by atoms with Gasteiger partial charge in [0, 0.05) is 5.02 Å². The minimum absolute atomic E-state index is 0.0972. The summed E-state index contributed by atoms with van der Waals surface area (Å²) in [6.07, 6.45) is 0. The zero-order valence-corrected chi connectivity index (χ0v) is 12.5. The van der Waals surface area contributed by atoms with E-state index in [-0.39, 0.29) is 10.6 Å². The van der Waals surface area contributed by atoms with Crippen LogP contribution in [0.4, 0.5) is 4.39 Å². The van der Waals surface area contributed by atoms with Crippen LogP contribution >= 0.6 is 27.5 Å². The molecule has 0 aliphatic rings. The molecule has 0 nitrogen and oxygen atoms in total. The highest BCUT2D eigenvalue weighted by Crippen LogP contribution is 2.36. The molecule has 3 heteroatoms. The Balaban J connectivity index is 2.46. The third-order valence-corrected chi connectivity index (χ3v) is 4.38. The van der Waals surface area contributed by atoms with E-state index in [2.05, 4.69) is 15.9 Å². The van der Waals surface area contributed by atoms with Crippen LogP contribution in [0.5, 0.6) is 0 Å². The molecule has 2 rings (SSSR count). The molecule has 0 aromatic heterocycles. The van der Waals surface area contributed by atoms with Gasteiger partial charge in [0.2, 0.25) is 0 Å². The SMILES string of the molecule is Cc1cc(Cl)c(C(Br)c2cccc(F)c2)cc1C. The summed E-state index contributed by atoms with van der Waals surface area (Å²) in [6, 6.07) is 10.5. The van der Waals surface area contributed by atoms with E-state index in [9.17, 15) is 4.39 Å². The predicted molar refractivity (Wildman–Crippen MR) is 78.1 cm³/mol. The number of aryl methyl sites for hydroxylation is 2. The Morgan fingerprint density at radius 1 is 1.11 bits per heavy atom. The second-order valence-electron chi connectivity index (χ2n) is 4.38. The van der Waals surface area contributed by atoms with Gasteiger partial charge in [0.05, 0.1) is 4.83 Å². The molecule has 94 valence electrons. The zero-order chi connectivity index (χ0) is 13.3. The van der Waals surface area contributed by atoms with Gasteiger partial charge in [0.25, 0.3) is 0 Å². The van der Waals surface area contributed by atoms with Gasteiger partial charge in [0.1, 0.15) is 5.82 Å². The molecular weight excluding hydrogens is 315 g/mol. The maximum absolute atomic E-state index is 13.2. The van der Waals surface area contributed by atoms with Crippen molar-refractivity contribution in [3.05, 3.63) is 69.5 Å². The van der Waals surface area contributed by atoms with Crippen LogP contribution in [0, 0.1) is 19.7 Å². The monoisotopic (exact) mass is 326 g/mol. The Morgan fingerprint density at radius 3 is 2.44 bits per heavy atom. The minimum atomic E-state index is -0.239. The zero-order valence-electron chi connectivity index (χ0n) is 10.2. The molecule has 0 heterocycles. The molecule has 0 N–H and O–H groups in total. The molecule has 2 aromatic carbocycles. The smallest absolute Gasteiger partial charge is 0.123 e. The van der Waals surface area contributed by atoms with Gasteiger partial charge in [-0.1, -0.05) is 45.7 Å². The summed E-state index contributed by atoms with van der Waals surface area (Å²) in [5.41, 5.74) is 4.16. The Kier molecular flexibility index (Phi) is 4.08. The molecule has 0 spiro atoms. The van der Waals surface area contributed by atoms with Gasteiger partial charge in [-0.15, -0.1) is 0 Å². The number of hydrogen-bond acceptors (Lipinski definition) is 0. The fourth-order valence-corrected chi connectivity index (χ4v) is 2.96. The van der Waals surface area contributed by atoms with Crippen molar-refractivity contribution in [2.24, 2.45) is 0 Å². The second-order valence-corrected chi connectivity index (χ2v) is 5.70. The highest BCUT2D eigenvalue weighted by atomic mass is 79.9. The molecule has 0 amide bonds. The summed E-state index contributed by atoms with van der Waals surface area (Å²) in [6.45, 7) is 4.07. The largest absolute Gasteiger partial charge is 0.207 e. The lowest BCUT2D eigenvalue weighted by molar-refractivity contribution is 0.626. The van der Waals surface area contributed by atoms with Gasteiger partial charge in [0.15, 0.2) is 0 Å². The lowest BCUT2D eigenvalue weighted by Crippen LogP contribution is -1.96. The first-order valence-electron chi connectivity index (χ1n) is 5.65. The molecule has 1 atom stereocenters. The van der Waals surface area contributed by atoms with Crippen molar-refractivity contribution >= 4 is 27.5 Å². The Morgan fingerprint density at radius 2 is 1.78 bits per heavy atom. The van der Waals surface area contributed by atoms with Gasteiger partial charge < -0.3 is 0 Å². The summed E-state index contributed by atoms with van der Waals surface area (Å²) in [7, 11) is 0. The summed E-state index contributed by atoms with van der Waals surface area (Å²) >= 11 is 9.85.